The third-order valence-electron chi connectivity index (χ3n) is 4.90. The zero-order valence-corrected chi connectivity index (χ0v) is 15.1. The van der Waals surface area contributed by atoms with Gasteiger partial charge in [0, 0.05) is 23.9 Å². The Morgan fingerprint density at radius 1 is 1.15 bits per heavy atom. The molecule has 0 saturated heterocycles. The van der Waals surface area contributed by atoms with Gasteiger partial charge in [-0.15, -0.1) is 5.10 Å². The molecule has 0 aliphatic heterocycles. The Hall–Kier alpha value is -3.35. The number of fused-ring (bicyclic) bond motifs is 1. The Labute approximate surface area is 156 Å². The Kier molecular flexibility index (Phi) is 3.78. The van der Waals surface area contributed by atoms with Gasteiger partial charge in [-0.1, -0.05) is 30.3 Å². The maximum Gasteiger partial charge on any atom is 0.243 e. The fourth-order valence-corrected chi connectivity index (χ4v) is 3.23. The number of benzene rings is 1. The molecule has 1 aliphatic carbocycles. The molecule has 0 radical (unpaired) electrons. The van der Waals surface area contributed by atoms with Crippen LogP contribution in [0.1, 0.15) is 43.0 Å². The normalized spacial score (nSPS) is 15.0. The van der Waals surface area contributed by atoms with Crippen molar-refractivity contribution in [2.24, 2.45) is 0 Å². The number of nitrogens with zero attached hydrogens (tertiary/aromatic N) is 4. The average Bonchev–Trinajstić information content (AvgIpc) is 3.24. The van der Waals surface area contributed by atoms with Crippen LogP contribution in [0.4, 0.5) is 17.6 Å². The fraction of sp³-hybridized carbons (Fsp3) is 0.250. The van der Waals surface area contributed by atoms with Crippen molar-refractivity contribution >= 4 is 23.1 Å². The van der Waals surface area contributed by atoms with Crippen molar-refractivity contribution in [1.82, 2.24) is 24.8 Å². The Balaban J connectivity index is 1.43. The largest absolute Gasteiger partial charge is 0.346 e. The van der Waals surface area contributed by atoms with Gasteiger partial charge in [-0.25, -0.2) is 4.52 Å². The van der Waals surface area contributed by atoms with Crippen LogP contribution in [0, 0.1) is 0 Å². The standard InChI is InChI=1S/C20H21N7/c1-13(14-6-3-2-4-7-14)21-20-23-19(17-8-5-11-27(17)26-20)22-18-12-16(24-25-18)15-9-10-15/h2-8,11-13,15H,9-10H2,1H3,(H3,21,22,23,24,25,26)/t13-/m1/s1. The van der Waals surface area contributed by atoms with Crippen molar-refractivity contribution < 1.29 is 0 Å². The summed E-state index contributed by atoms with van der Waals surface area (Å²) in [6.07, 6.45) is 4.40. The van der Waals surface area contributed by atoms with Crippen LogP contribution in [0.25, 0.3) is 5.52 Å². The van der Waals surface area contributed by atoms with E-state index in [0.29, 0.717) is 11.9 Å². The molecule has 3 aromatic heterocycles. The van der Waals surface area contributed by atoms with Crippen LogP contribution in [-0.4, -0.2) is 24.8 Å². The molecule has 1 aromatic carbocycles. The van der Waals surface area contributed by atoms with Gasteiger partial charge in [-0.3, -0.25) is 5.10 Å². The molecule has 0 amide bonds. The lowest BCUT2D eigenvalue weighted by Gasteiger charge is -2.15. The highest BCUT2D eigenvalue weighted by atomic mass is 15.3. The molecule has 136 valence electrons. The zero-order chi connectivity index (χ0) is 18.2. The van der Waals surface area contributed by atoms with Crippen LogP contribution in [0.2, 0.25) is 0 Å². The number of rotatable bonds is 6. The molecule has 27 heavy (non-hydrogen) atoms. The molecule has 3 N–H and O–H groups in total. The Morgan fingerprint density at radius 2 is 2.00 bits per heavy atom. The van der Waals surface area contributed by atoms with E-state index in [1.54, 1.807) is 0 Å². The van der Waals surface area contributed by atoms with Gasteiger partial charge in [-0.2, -0.15) is 10.1 Å². The first kappa shape index (κ1) is 15.9. The summed E-state index contributed by atoms with van der Waals surface area (Å²) >= 11 is 0. The molecular weight excluding hydrogens is 338 g/mol. The third kappa shape index (κ3) is 3.23. The number of nitrogens with one attached hydrogen (secondary N) is 3. The SMILES string of the molecule is C[C@@H](Nc1nc(Nc2cc(C3CC3)[nH]n2)c2cccn2n1)c1ccccc1. The summed E-state index contributed by atoms with van der Waals surface area (Å²) in [5.74, 6) is 2.71. The topological polar surface area (TPSA) is 82.9 Å². The maximum absolute atomic E-state index is 4.70. The first-order chi connectivity index (χ1) is 13.3. The van der Waals surface area contributed by atoms with Crippen LogP contribution >= 0.6 is 0 Å². The Bertz CT molecular complexity index is 1060. The lowest BCUT2D eigenvalue weighted by atomic mass is 10.1. The lowest BCUT2D eigenvalue weighted by Crippen LogP contribution is -2.12. The molecule has 7 heteroatoms. The highest BCUT2D eigenvalue weighted by Crippen LogP contribution is 2.39. The molecule has 1 fully saturated rings. The van der Waals surface area contributed by atoms with Gasteiger partial charge in [-0.05, 0) is 37.5 Å². The van der Waals surface area contributed by atoms with Crippen molar-refractivity contribution in [1.29, 1.82) is 0 Å². The minimum absolute atomic E-state index is 0.0962. The van der Waals surface area contributed by atoms with E-state index in [1.807, 2.05) is 41.0 Å². The van der Waals surface area contributed by atoms with Gasteiger partial charge >= 0.3 is 0 Å². The highest BCUT2D eigenvalue weighted by molar-refractivity contribution is 5.73. The lowest BCUT2D eigenvalue weighted by molar-refractivity contribution is 0.826. The molecule has 5 rings (SSSR count). The summed E-state index contributed by atoms with van der Waals surface area (Å²) in [5.41, 5.74) is 3.28. The van der Waals surface area contributed by atoms with Crippen molar-refractivity contribution in [3.63, 3.8) is 0 Å². The zero-order valence-electron chi connectivity index (χ0n) is 15.1. The quantitative estimate of drug-likeness (QED) is 0.479. The van der Waals surface area contributed by atoms with Crippen molar-refractivity contribution in [3.05, 3.63) is 66.0 Å². The molecular formula is C20H21N7. The summed E-state index contributed by atoms with van der Waals surface area (Å²) in [7, 11) is 0. The van der Waals surface area contributed by atoms with E-state index < -0.39 is 0 Å². The van der Waals surface area contributed by atoms with Gasteiger partial charge in [0.05, 0.1) is 6.04 Å². The van der Waals surface area contributed by atoms with Gasteiger partial charge in [0.2, 0.25) is 5.95 Å². The highest BCUT2D eigenvalue weighted by Gasteiger charge is 2.25. The fourth-order valence-electron chi connectivity index (χ4n) is 3.23. The number of anilines is 3. The first-order valence-electron chi connectivity index (χ1n) is 9.25. The molecule has 4 aromatic rings. The second kappa shape index (κ2) is 6.42. The van der Waals surface area contributed by atoms with Crippen LogP contribution in [-0.2, 0) is 0 Å². The van der Waals surface area contributed by atoms with Crippen molar-refractivity contribution in [2.45, 2.75) is 31.7 Å². The van der Waals surface area contributed by atoms with E-state index in [4.69, 9.17) is 4.98 Å². The molecule has 0 bridgehead atoms. The molecule has 7 nitrogen and oxygen atoms in total. The van der Waals surface area contributed by atoms with Crippen LogP contribution in [0.15, 0.2) is 54.7 Å². The second-order valence-electron chi connectivity index (χ2n) is 7.01. The van der Waals surface area contributed by atoms with E-state index >= 15 is 0 Å². The second-order valence-corrected chi connectivity index (χ2v) is 7.01. The number of hydrogen-bond acceptors (Lipinski definition) is 5. The molecule has 0 spiro atoms. The number of hydrogen-bond donors (Lipinski definition) is 3. The van der Waals surface area contributed by atoms with E-state index in [9.17, 15) is 0 Å². The summed E-state index contributed by atoms with van der Waals surface area (Å²) in [6.45, 7) is 2.10. The summed E-state index contributed by atoms with van der Waals surface area (Å²) in [4.78, 5) is 4.70. The minimum Gasteiger partial charge on any atom is -0.346 e. The van der Waals surface area contributed by atoms with Crippen LogP contribution in [0.3, 0.4) is 0 Å². The molecule has 1 aliphatic rings. The minimum atomic E-state index is 0.0962. The van der Waals surface area contributed by atoms with Crippen molar-refractivity contribution in [2.75, 3.05) is 10.6 Å². The third-order valence-corrected chi connectivity index (χ3v) is 4.90. The molecule has 0 unspecified atom stereocenters. The first-order valence-corrected chi connectivity index (χ1v) is 9.25. The molecule has 1 atom stereocenters. The monoisotopic (exact) mass is 359 g/mol. The number of H-pyrrole nitrogens is 1. The summed E-state index contributed by atoms with van der Waals surface area (Å²) in [6, 6.07) is 16.4. The summed E-state index contributed by atoms with van der Waals surface area (Å²) < 4.78 is 1.82. The Morgan fingerprint density at radius 3 is 2.81 bits per heavy atom. The van der Waals surface area contributed by atoms with Crippen LogP contribution in [0.5, 0.6) is 0 Å². The van der Waals surface area contributed by atoms with E-state index in [-0.39, 0.29) is 6.04 Å². The maximum atomic E-state index is 4.70. The van der Waals surface area contributed by atoms with Crippen molar-refractivity contribution in [3.8, 4) is 0 Å². The van der Waals surface area contributed by atoms with Gasteiger partial charge in [0.15, 0.2) is 11.6 Å². The number of aromatic amines is 1. The molecule has 3 heterocycles. The summed E-state index contributed by atoms with van der Waals surface area (Å²) in [5, 5.41) is 18.8. The average molecular weight is 359 g/mol. The van der Waals surface area contributed by atoms with E-state index in [0.717, 1.165) is 17.2 Å². The van der Waals surface area contributed by atoms with Gasteiger partial charge in [0.1, 0.15) is 5.52 Å². The van der Waals surface area contributed by atoms with Crippen LogP contribution < -0.4 is 10.6 Å². The predicted molar refractivity (Wildman–Crippen MR) is 105 cm³/mol. The molecule has 1 saturated carbocycles. The number of aromatic nitrogens is 5. The van der Waals surface area contributed by atoms with Gasteiger partial charge < -0.3 is 10.6 Å². The van der Waals surface area contributed by atoms with Gasteiger partial charge in [0.25, 0.3) is 0 Å². The predicted octanol–water partition coefficient (Wildman–Crippen LogP) is 4.25. The van der Waals surface area contributed by atoms with E-state index in [1.165, 1.54) is 24.1 Å². The van der Waals surface area contributed by atoms with E-state index in [2.05, 4.69) is 51.1 Å². The smallest absolute Gasteiger partial charge is 0.243 e.